The van der Waals surface area contributed by atoms with Gasteiger partial charge in [-0.15, -0.1) is 0 Å². The molecular formula is C6H13NO5. The van der Waals surface area contributed by atoms with Crippen LogP contribution in [0.3, 0.4) is 0 Å². The molecule has 0 atom stereocenters. The fourth-order valence-electron chi connectivity index (χ4n) is 0.564. The van der Waals surface area contributed by atoms with E-state index in [1.807, 2.05) is 0 Å². The molecule has 6 heteroatoms. The molecule has 12 heavy (non-hydrogen) atoms. The van der Waals surface area contributed by atoms with E-state index in [9.17, 15) is 9.90 Å². The summed E-state index contributed by atoms with van der Waals surface area (Å²) in [5.41, 5.74) is -1.64. The van der Waals surface area contributed by atoms with Crippen LogP contribution in [0.4, 0.5) is 0 Å². The number of carboxylic acids is 1. The molecule has 0 unspecified atom stereocenters. The summed E-state index contributed by atoms with van der Waals surface area (Å²) in [5, 5.41) is 36.8. The van der Waals surface area contributed by atoms with Crippen LogP contribution in [-0.2, 0) is 4.79 Å². The quantitative estimate of drug-likeness (QED) is 0.305. The van der Waals surface area contributed by atoms with Crippen molar-refractivity contribution in [2.45, 2.75) is 5.60 Å². The van der Waals surface area contributed by atoms with Gasteiger partial charge in [0, 0.05) is 6.54 Å². The Balaban J connectivity index is 3.65. The zero-order chi connectivity index (χ0) is 9.61. The summed E-state index contributed by atoms with van der Waals surface area (Å²) in [6.45, 7) is -1.71. The summed E-state index contributed by atoms with van der Waals surface area (Å²) in [7, 11) is 0. The van der Waals surface area contributed by atoms with E-state index in [1.165, 1.54) is 0 Å². The van der Waals surface area contributed by atoms with Crippen LogP contribution in [-0.4, -0.2) is 58.3 Å². The first-order valence-electron chi connectivity index (χ1n) is 3.41. The summed E-state index contributed by atoms with van der Waals surface area (Å²) in [6.07, 6.45) is 0. The lowest BCUT2D eigenvalue weighted by molar-refractivity contribution is -0.136. The molecule has 0 amide bonds. The van der Waals surface area contributed by atoms with E-state index in [2.05, 4.69) is 5.32 Å². The van der Waals surface area contributed by atoms with Crippen LogP contribution in [0, 0.1) is 0 Å². The van der Waals surface area contributed by atoms with Crippen LogP contribution in [0.2, 0.25) is 0 Å². The Morgan fingerprint density at radius 1 is 1.33 bits per heavy atom. The molecule has 0 aromatic heterocycles. The molecule has 72 valence electrons. The lowest BCUT2D eigenvalue weighted by atomic mass is 10.1. The fraction of sp³-hybridized carbons (Fsp3) is 0.833. The molecule has 0 fully saturated rings. The van der Waals surface area contributed by atoms with Crippen LogP contribution >= 0.6 is 0 Å². The molecule has 0 heterocycles. The highest BCUT2D eigenvalue weighted by molar-refractivity contribution is 5.68. The number of hydrogen-bond acceptors (Lipinski definition) is 5. The maximum absolute atomic E-state index is 9.99. The second-order valence-electron chi connectivity index (χ2n) is 2.54. The minimum Gasteiger partial charge on any atom is -0.480 e. The number of aliphatic hydroxyl groups excluding tert-OH is 2. The number of rotatable bonds is 6. The number of aliphatic carboxylic acids is 1. The van der Waals surface area contributed by atoms with Crippen molar-refractivity contribution in [3.05, 3.63) is 0 Å². The third-order valence-corrected chi connectivity index (χ3v) is 1.32. The molecular weight excluding hydrogens is 166 g/mol. The van der Waals surface area contributed by atoms with Crippen molar-refractivity contribution in [2.24, 2.45) is 0 Å². The van der Waals surface area contributed by atoms with Crippen LogP contribution in [0.15, 0.2) is 0 Å². The molecule has 0 saturated heterocycles. The SMILES string of the molecule is O=C(O)CNCC(O)(CO)CO. The van der Waals surface area contributed by atoms with Crippen molar-refractivity contribution in [1.82, 2.24) is 5.32 Å². The Hall–Kier alpha value is -0.690. The van der Waals surface area contributed by atoms with Crippen LogP contribution < -0.4 is 5.32 Å². The normalized spacial score (nSPS) is 11.6. The molecule has 0 aliphatic heterocycles. The van der Waals surface area contributed by atoms with Crippen molar-refractivity contribution in [1.29, 1.82) is 0 Å². The predicted molar refractivity (Wildman–Crippen MR) is 39.6 cm³/mol. The topological polar surface area (TPSA) is 110 Å². The van der Waals surface area contributed by atoms with Gasteiger partial charge in [0.2, 0.25) is 0 Å². The van der Waals surface area contributed by atoms with Gasteiger partial charge in [0.05, 0.1) is 19.8 Å². The smallest absolute Gasteiger partial charge is 0.317 e. The summed E-state index contributed by atoms with van der Waals surface area (Å²) >= 11 is 0. The van der Waals surface area contributed by atoms with Gasteiger partial charge in [0.25, 0.3) is 0 Å². The first-order chi connectivity index (χ1) is 5.54. The van der Waals surface area contributed by atoms with Crippen molar-refractivity contribution < 1.29 is 25.2 Å². The van der Waals surface area contributed by atoms with Crippen molar-refractivity contribution >= 4 is 5.97 Å². The van der Waals surface area contributed by atoms with Gasteiger partial charge in [-0.05, 0) is 0 Å². The lowest BCUT2D eigenvalue weighted by Crippen LogP contribution is -2.48. The van der Waals surface area contributed by atoms with Crippen molar-refractivity contribution in [3.8, 4) is 0 Å². The molecule has 0 spiro atoms. The van der Waals surface area contributed by atoms with Crippen molar-refractivity contribution in [2.75, 3.05) is 26.3 Å². The standard InChI is InChI=1S/C6H13NO5/c8-3-6(12,4-9)2-7-1-5(10)11/h7-9,12H,1-4H2,(H,10,11). The average molecular weight is 179 g/mol. The van der Waals surface area contributed by atoms with Gasteiger partial charge in [0.15, 0.2) is 0 Å². The maximum Gasteiger partial charge on any atom is 0.317 e. The van der Waals surface area contributed by atoms with Gasteiger partial charge >= 0.3 is 5.97 Å². The van der Waals surface area contributed by atoms with E-state index < -0.39 is 24.8 Å². The Labute approximate surface area is 69.5 Å². The van der Waals surface area contributed by atoms with Gasteiger partial charge in [0.1, 0.15) is 5.60 Å². The monoisotopic (exact) mass is 179 g/mol. The first-order valence-corrected chi connectivity index (χ1v) is 3.41. The largest absolute Gasteiger partial charge is 0.480 e. The van der Waals surface area contributed by atoms with E-state index >= 15 is 0 Å². The lowest BCUT2D eigenvalue weighted by Gasteiger charge is -2.22. The third kappa shape index (κ3) is 4.24. The molecule has 0 aromatic rings. The van der Waals surface area contributed by atoms with E-state index in [0.29, 0.717) is 0 Å². The number of nitrogens with one attached hydrogen (secondary N) is 1. The number of carboxylic acid groups (broad SMARTS) is 1. The van der Waals surface area contributed by atoms with Crippen molar-refractivity contribution in [3.63, 3.8) is 0 Å². The van der Waals surface area contributed by atoms with Crippen LogP contribution in [0.5, 0.6) is 0 Å². The van der Waals surface area contributed by atoms with E-state index in [1.54, 1.807) is 0 Å². The predicted octanol–water partition coefficient (Wildman–Crippen LogP) is -2.62. The average Bonchev–Trinajstić information content (AvgIpc) is 2.03. The van der Waals surface area contributed by atoms with Gasteiger partial charge in [-0.3, -0.25) is 4.79 Å². The van der Waals surface area contributed by atoms with E-state index in [-0.39, 0.29) is 13.1 Å². The molecule has 0 rings (SSSR count). The molecule has 0 radical (unpaired) electrons. The summed E-state index contributed by atoms with van der Waals surface area (Å²) in [6, 6.07) is 0. The van der Waals surface area contributed by atoms with E-state index in [4.69, 9.17) is 15.3 Å². The highest BCUT2D eigenvalue weighted by atomic mass is 16.4. The number of aliphatic hydroxyl groups is 3. The van der Waals surface area contributed by atoms with Gasteiger partial charge in [-0.25, -0.2) is 0 Å². The maximum atomic E-state index is 9.99. The summed E-state index contributed by atoms with van der Waals surface area (Å²) in [5.74, 6) is -1.06. The Morgan fingerprint density at radius 3 is 2.17 bits per heavy atom. The van der Waals surface area contributed by atoms with Crippen LogP contribution in [0.25, 0.3) is 0 Å². The van der Waals surface area contributed by atoms with Gasteiger partial charge < -0.3 is 25.7 Å². The second-order valence-corrected chi connectivity index (χ2v) is 2.54. The number of hydrogen-bond donors (Lipinski definition) is 5. The summed E-state index contributed by atoms with van der Waals surface area (Å²) in [4.78, 5) is 9.99. The highest BCUT2D eigenvalue weighted by Crippen LogP contribution is 1.98. The number of carbonyl (C=O) groups is 1. The Bertz CT molecular complexity index is 145. The zero-order valence-corrected chi connectivity index (χ0v) is 6.53. The van der Waals surface area contributed by atoms with E-state index in [0.717, 1.165) is 0 Å². The molecule has 0 bridgehead atoms. The minimum atomic E-state index is -1.64. The van der Waals surface area contributed by atoms with Crippen LogP contribution in [0.1, 0.15) is 0 Å². The molecule has 6 nitrogen and oxygen atoms in total. The molecule has 0 aliphatic rings. The van der Waals surface area contributed by atoms with Gasteiger partial charge in [-0.2, -0.15) is 0 Å². The molecule has 0 aromatic carbocycles. The second kappa shape index (κ2) is 5.04. The minimum absolute atomic E-state index is 0.160. The Morgan fingerprint density at radius 2 is 1.83 bits per heavy atom. The Kier molecular flexibility index (Phi) is 4.75. The fourth-order valence-corrected chi connectivity index (χ4v) is 0.564. The summed E-state index contributed by atoms with van der Waals surface area (Å²) < 4.78 is 0. The zero-order valence-electron chi connectivity index (χ0n) is 6.53. The third-order valence-electron chi connectivity index (χ3n) is 1.32. The molecule has 0 saturated carbocycles. The molecule has 0 aliphatic carbocycles. The molecule has 5 N–H and O–H groups in total. The van der Waals surface area contributed by atoms with Gasteiger partial charge in [-0.1, -0.05) is 0 Å². The highest BCUT2D eigenvalue weighted by Gasteiger charge is 2.24. The first kappa shape index (κ1) is 11.3.